The summed E-state index contributed by atoms with van der Waals surface area (Å²) in [5, 5.41) is 4.50. The standard InChI is InChI=1S/C28H29NSi2/c1-30(2,3)28-19-29-25(18-24(28)20-11-7-6-8-12-20)21-15-16-23-22-13-9-10-14-26(22)31(4,5)27(23)17-21/h6-19H,1-5H3. The van der Waals surface area contributed by atoms with Gasteiger partial charge >= 0.3 is 0 Å². The van der Waals surface area contributed by atoms with Gasteiger partial charge in [0.1, 0.15) is 8.07 Å². The van der Waals surface area contributed by atoms with Gasteiger partial charge in [0, 0.05) is 11.8 Å². The Hall–Kier alpha value is -2.76. The van der Waals surface area contributed by atoms with Crippen molar-refractivity contribution in [1.82, 2.24) is 4.98 Å². The molecule has 2 heterocycles. The van der Waals surface area contributed by atoms with Crippen LogP contribution in [0.25, 0.3) is 33.5 Å². The van der Waals surface area contributed by atoms with E-state index in [4.69, 9.17) is 4.98 Å². The van der Waals surface area contributed by atoms with Crippen LogP contribution in [0.4, 0.5) is 0 Å². The van der Waals surface area contributed by atoms with Crippen LogP contribution in [0.1, 0.15) is 0 Å². The molecule has 0 aliphatic carbocycles. The number of nitrogens with zero attached hydrogens (tertiary/aromatic N) is 1. The normalized spacial score (nSPS) is 14.2. The van der Waals surface area contributed by atoms with Gasteiger partial charge in [-0.25, -0.2) is 0 Å². The highest BCUT2D eigenvalue weighted by Gasteiger charge is 2.37. The highest BCUT2D eigenvalue weighted by atomic mass is 28.3. The van der Waals surface area contributed by atoms with Crippen LogP contribution in [-0.2, 0) is 0 Å². The van der Waals surface area contributed by atoms with Crippen LogP contribution in [0.5, 0.6) is 0 Å². The molecule has 0 N–H and O–H groups in total. The van der Waals surface area contributed by atoms with E-state index in [0.717, 1.165) is 5.69 Å². The van der Waals surface area contributed by atoms with Gasteiger partial charge in [-0.15, -0.1) is 0 Å². The van der Waals surface area contributed by atoms with Crippen molar-refractivity contribution in [2.75, 3.05) is 0 Å². The summed E-state index contributed by atoms with van der Waals surface area (Å²) < 4.78 is 0. The minimum Gasteiger partial charge on any atom is -0.256 e. The average Bonchev–Trinajstić information content (AvgIpc) is 3.00. The molecule has 0 fully saturated rings. The molecule has 4 aromatic rings. The zero-order chi connectivity index (χ0) is 21.8. The molecule has 0 spiro atoms. The number of hydrogen-bond acceptors (Lipinski definition) is 1. The van der Waals surface area contributed by atoms with E-state index in [1.54, 1.807) is 5.19 Å². The first-order valence-electron chi connectivity index (χ1n) is 11.1. The van der Waals surface area contributed by atoms with Gasteiger partial charge in [0.2, 0.25) is 0 Å². The second kappa shape index (κ2) is 7.15. The molecule has 1 aliphatic heterocycles. The smallest absolute Gasteiger partial charge is 0.113 e. The molecule has 0 saturated heterocycles. The van der Waals surface area contributed by atoms with Crippen molar-refractivity contribution in [3.63, 3.8) is 0 Å². The summed E-state index contributed by atoms with van der Waals surface area (Å²) in [5.41, 5.74) is 7.76. The summed E-state index contributed by atoms with van der Waals surface area (Å²) in [7, 11) is -3.21. The number of fused-ring (bicyclic) bond motifs is 3. The van der Waals surface area contributed by atoms with Gasteiger partial charge in [0.05, 0.1) is 13.8 Å². The Morgan fingerprint density at radius 2 is 1.32 bits per heavy atom. The highest BCUT2D eigenvalue weighted by Crippen LogP contribution is 2.31. The lowest BCUT2D eigenvalue weighted by Crippen LogP contribution is -2.49. The lowest BCUT2D eigenvalue weighted by atomic mass is 10.0. The van der Waals surface area contributed by atoms with Crippen LogP contribution in [-0.4, -0.2) is 21.1 Å². The summed E-state index contributed by atoms with van der Waals surface area (Å²) in [6.45, 7) is 12.1. The van der Waals surface area contributed by atoms with Crippen molar-refractivity contribution in [2.24, 2.45) is 0 Å². The summed E-state index contributed by atoms with van der Waals surface area (Å²) in [6, 6.07) is 29.1. The Morgan fingerprint density at radius 1 is 0.645 bits per heavy atom. The number of rotatable bonds is 3. The third-order valence-corrected chi connectivity index (χ3v) is 12.2. The van der Waals surface area contributed by atoms with Crippen molar-refractivity contribution in [1.29, 1.82) is 0 Å². The molecule has 31 heavy (non-hydrogen) atoms. The van der Waals surface area contributed by atoms with Crippen LogP contribution in [0.2, 0.25) is 32.7 Å². The fourth-order valence-electron chi connectivity index (χ4n) is 4.93. The van der Waals surface area contributed by atoms with E-state index in [2.05, 4.69) is 118 Å². The summed E-state index contributed by atoms with van der Waals surface area (Å²) in [5.74, 6) is 0. The third-order valence-electron chi connectivity index (χ3n) is 6.68. The van der Waals surface area contributed by atoms with Crippen LogP contribution < -0.4 is 15.6 Å². The van der Waals surface area contributed by atoms with Crippen LogP contribution in [0.3, 0.4) is 0 Å². The van der Waals surface area contributed by atoms with E-state index in [1.165, 1.54) is 38.2 Å². The molecule has 1 nitrogen and oxygen atoms in total. The fourth-order valence-corrected chi connectivity index (χ4v) is 9.51. The second-order valence-corrected chi connectivity index (χ2v) is 19.5. The van der Waals surface area contributed by atoms with Crippen molar-refractivity contribution >= 4 is 31.7 Å². The van der Waals surface area contributed by atoms with E-state index in [-0.39, 0.29) is 0 Å². The average molecular weight is 436 g/mol. The van der Waals surface area contributed by atoms with Gasteiger partial charge < -0.3 is 0 Å². The third kappa shape index (κ3) is 3.33. The van der Waals surface area contributed by atoms with Crippen LogP contribution >= 0.6 is 0 Å². The highest BCUT2D eigenvalue weighted by molar-refractivity contribution is 7.03. The first-order valence-corrected chi connectivity index (χ1v) is 17.6. The number of hydrogen-bond donors (Lipinski definition) is 0. The van der Waals surface area contributed by atoms with Gasteiger partial charge in [-0.05, 0) is 43.9 Å². The SMILES string of the molecule is C[Si](C)(C)c1cnc(-c2ccc3c(c2)[Si](C)(C)c2ccccc2-3)cc1-c1ccccc1. The van der Waals surface area contributed by atoms with Crippen molar-refractivity contribution in [3.05, 3.63) is 85.1 Å². The lowest BCUT2D eigenvalue weighted by molar-refractivity contribution is 1.34. The number of benzene rings is 3. The van der Waals surface area contributed by atoms with E-state index in [0.29, 0.717) is 0 Å². The summed E-state index contributed by atoms with van der Waals surface area (Å²) in [6.07, 6.45) is 2.15. The van der Waals surface area contributed by atoms with Crippen LogP contribution in [0, 0.1) is 0 Å². The van der Waals surface area contributed by atoms with E-state index in [9.17, 15) is 0 Å². The predicted molar refractivity (Wildman–Crippen MR) is 140 cm³/mol. The van der Waals surface area contributed by atoms with Crippen LogP contribution in [0.15, 0.2) is 85.1 Å². The van der Waals surface area contributed by atoms with Gasteiger partial charge in [0.15, 0.2) is 0 Å². The molecule has 3 aromatic carbocycles. The maximum Gasteiger partial charge on any atom is 0.113 e. The molecule has 0 amide bonds. The number of pyridine rings is 1. The molecular formula is C28H29NSi2. The minimum absolute atomic E-state index is 1.07. The monoisotopic (exact) mass is 435 g/mol. The van der Waals surface area contributed by atoms with Gasteiger partial charge in [-0.1, -0.05) is 106 Å². The predicted octanol–water partition coefficient (Wildman–Crippen LogP) is 5.76. The Bertz CT molecular complexity index is 1280. The molecule has 0 atom stereocenters. The van der Waals surface area contributed by atoms with Crippen molar-refractivity contribution in [2.45, 2.75) is 32.7 Å². The zero-order valence-electron chi connectivity index (χ0n) is 19.0. The lowest BCUT2D eigenvalue weighted by Gasteiger charge is -2.22. The van der Waals surface area contributed by atoms with E-state index >= 15 is 0 Å². The molecule has 0 radical (unpaired) electrons. The molecular weight excluding hydrogens is 406 g/mol. The number of aromatic nitrogens is 1. The Labute approximate surface area is 187 Å². The van der Waals surface area contributed by atoms with Gasteiger partial charge in [-0.2, -0.15) is 0 Å². The largest absolute Gasteiger partial charge is 0.256 e. The molecule has 5 rings (SSSR count). The maximum absolute atomic E-state index is 4.97. The molecule has 154 valence electrons. The first-order chi connectivity index (χ1) is 14.8. The summed E-state index contributed by atoms with van der Waals surface area (Å²) >= 11 is 0. The zero-order valence-corrected chi connectivity index (χ0v) is 21.0. The Kier molecular flexibility index (Phi) is 4.65. The molecule has 0 unspecified atom stereocenters. The Balaban J connectivity index is 1.67. The molecule has 0 saturated carbocycles. The topological polar surface area (TPSA) is 12.9 Å². The Morgan fingerprint density at radius 3 is 2.06 bits per heavy atom. The van der Waals surface area contributed by atoms with E-state index < -0.39 is 16.1 Å². The summed E-state index contributed by atoms with van der Waals surface area (Å²) in [4.78, 5) is 4.97. The molecule has 3 heteroatoms. The van der Waals surface area contributed by atoms with Crippen molar-refractivity contribution < 1.29 is 0 Å². The molecule has 1 aliphatic rings. The first kappa shape index (κ1) is 20.2. The molecule has 0 bridgehead atoms. The maximum atomic E-state index is 4.97. The second-order valence-electron chi connectivity index (χ2n) is 10.2. The van der Waals surface area contributed by atoms with Crippen molar-refractivity contribution in [3.8, 4) is 33.5 Å². The minimum atomic E-state index is -1.68. The quantitative estimate of drug-likeness (QED) is 0.373. The fraction of sp³-hybridized carbons (Fsp3) is 0.179. The van der Waals surface area contributed by atoms with Gasteiger partial charge in [-0.3, -0.25) is 4.98 Å². The molecule has 1 aromatic heterocycles. The van der Waals surface area contributed by atoms with E-state index in [1.807, 2.05) is 0 Å². The van der Waals surface area contributed by atoms with Gasteiger partial charge in [0.25, 0.3) is 0 Å².